The van der Waals surface area contributed by atoms with E-state index >= 15 is 0 Å². The standard InChI is InChI=1S/C25H28N8O3/c34-18-7-3-15(4-8-18)20-13-26-24(36-19-9-11-35-12-10-19)21-14-27-25(29-22(20)21)28-17-5-1-16(2-6-17)23-30-32-33-31-23/h1-2,5-6,13-15,18-19,34H,3-4,7-12H2,(H,27,28,29)(H,30,31,32,33). The molecule has 0 spiro atoms. The van der Waals surface area contributed by atoms with Crippen LogP contribution in [-0.4, -0.2) is 66.1 Å². The molecule has 1 aromatic carbocycles. The predicted molar refractivity (Wildman–Crippen MR) is 132 cm³/mol. The summed E-state index contributed by atoms with van der Waals surface area (Å²) in [6.07, 6.45) is 8.60. The first-order valence-electron chi connectivity index (χ1n) is 12.4. The van der Waals surface area contributed by atoms with Crippen LogP contribution in [0.5, 0.6) is 5.88 Å². The van der Waals surface area contributed by atoms with Gasteiger partial charge in [-0.05, 0) is 61.1 Å². The molecule has 0 bridgehead atoms. The summed E-state index contributed by atoms with van der Waals surface area (Å²) in [6.45, 7) is 1.39. The van der Waals surface area contributed by atoms with Gasteiger partial charge in [0.1, 0.15) is 6.10 Å². The summed E-state index contributed by atoms with van der Waals surface area (Å²) < 4.78 is 11.8. The zero-order valence-corrected chi connectivity index (χ0v) is 19.8. The predicted octanol–water partition coefficient (Wildman–Crippen LogP) is 3.52. The van der Waals surface area contributed by atoms with Crippen LogP contribution in [0.2, 0.25) is 0 Å². The Morgan fingerprint density at radius 2 is 1.78 bits per heavy atom. The van der Waals surface area contributed by atoms with E-state index in [-0.39, 0.29) is 18.1 Å². The van der Waals surface area contributed by atoms with Gasteiger partial charge in [-0.25, -0.2) is 15.0 Å². The monoisotopic (exact) mass is 488 g/mol. The number of aromatic nitrogens is 7. The molecule has 6 rings (SSSR count). The van der Waals surface area contributed by atoms with Crippen LogP contribution in [0.3, 0.4) is 0 Å². The van der Waals surface area contributed by atoms with Crippen molar-refractivity contribution in [2.75, 3.05) is 18.5 Å². The van der Waals surface area contributed by atoms with Gasteiger partial charge in [0.2, 0.25) is 17.7 Å². The molecule has 11 nitrogen and oxygen atoms in total. The van der Waals surface area contributed by atoms with E-state index in [2.05, 4.69) is 30.9 Å². The first-order chi connectivity index (χ1) is 17.7. The lowest BCUT2D eigenvalue weighted by molar-refractivity contribution is 0.0244. The fraction of sp³-hybridized carbons (Fsp3) is 0.440. The highest BCUT2D eigenvalue weighted by Gasteiger charge is 2.26. The summed E-state index contributed by atoms with van der Waals surface area (Å²) in [5.74, 6) is 1.88. The summed E-state index contributed by atoms with van der Waals surface area (Å²) in [5.41, 5.74) is 3.62. The van der Waals surface area contributed by atoms with Gasteiger partial charge in [-0.3, -0.25) is 0 Å². The fourth-order valence-electron chi connectivity index (χ4n) is 4.92. The Morgan fingerprint density at radius 1 is 0.972 bits per heavy atom. The molecule has 1 saturated carbocycles. The second kappa shape index (κ2) is 10.1. The highest BCUT2D eigenvalue weighted by Crippen LogP contribution is 2.38. The second-order valence-electron chi connectivity index (χ2n) is 9.35. The molecule has 186 valence electrons. The van der Waals surface area contributed by atoms with Crippen molar-refractivity contribution < 1.29 is 14.6 Å². The van der Waals surface area contributed by atoms with E-state index < -0.39 is 0 Å². The number of fused-ring (bicyclic) bond motifs is 1. The number of pyridine rings is 1. The lowest BCUT2D eigenvalue weighted by Crippen LogP contribution is -2.26. The smallest absolute Gasteiger partial charge is 0.227 e. The van der Waals surface area contributed by atoms with Crippen LogP contribution < -0.4 is 10.1 Å². The summed E-state index contributed by atoms with van der Waals surface area (Å²) in [7, 11) is 0. The van der Waals surface area contributed by atoms with Gasteiger partial charge in [0, 0.05) is 42.0 Å². The number of H-pyrrole nitrogens is 1. The van der Waals surface area contributed by atoms with Gasteiger partial charge in [0.05, 0.1) is 30.2 Å². The molecule has 4 heterocycles. The van der Waals surface area contributed by atoms with Crippen LogP contribution in [0.25, 0.3) is 22.3 Å². The summed E-state index contributed by atoms with van der Waals surface area (Å²) >= 11 is 0. The number of aliphatic hydroxyl groups excluding tert-OH is 1. The number of tetrazole rings is 1. The number of hydrogen-bond acceptors (Lipinski definition) is 10. The molecule has 0 amide bonds. The van der Waals surface area contributed by atoms with E-state index in [4.69, 9.17) is 19.4 Å². The maximum absolute atomic E-state index is 10.0. The molecule has 11 heteroatoms. The normalized spacial score (nSPS) is 20.9. The van der Waals surface area contributed by atoms with Gasteiger partial charge >= 0.3 is 0 Å². The van der Waals surface area contributed by atoms with Crippen molar-refractivity contribution in [3.63, 3.8) is 0 Å². The van der Waals surface area contributed by atoms with Crippen LogP contribution in [0, 0.1) is 0 Å². The Morgan fingerprint density at radius 3 is 2.53 bits per heavy atom. The maximum atomic E-state index is 10.0. The molecule has 2 aliphatic rings. The van der Waals surface area contributed by atoms with Gasteiger partial charge < -0.3 is 19.9 Å². The Kier molecular flexibility index (Phi) is 6.39. The molecular formula is C25H28N8O3. The Bertz CT molecular complexity index is 1300. The first kappa shape index (κ1) is 22.7. The third kappa shape index (κ3) is 4.84. The minimum absolute atomic E-state index is 0.0700. The number of benzene rings is 1. The summed E-state index contributed by atoms with van der Waals surface area (Å²) in [4.78, 5) is 14.2. The van der Waals surface area contributed by atoms with E-state index in [1.807, 2.05) is 30.5 Å². The van der Waals surface area contributed by atoms with Gasteiger partial charge in [0.25, 0.3) is 0 Å². The molecule has 0 atom stereocenters. The highest BCUT2D eigenvalue weighted by molar-refractivity contribution is 5.87. The number of rotatable bonds is 6. The Balaban J connectivity index is 1.31. The van der Waals surface area contributed by atoms with Crippen molar-refractivity contribution >= 4 is 22.5 Å². The number of aliphatic hydroxyl groups is 1. The average molecular weight is 489 g/mol. The summed E-state index contributed by atoms with van der Waals surface area (Å²) in [5, 5.41) is 28.2. The number of nitrogens with one attached hydrogen (secondary N) is 2. The lowest BCUT2D eigenvalue weighted by atomic mass is 9.83. The number of aromatic amines is 1. The minimum atomic E-state index is -0.223. The van der Waals surface area contributed by atoms with Crippen LogP contribution in [0.1, 0.15) is 50.0 Å². The van der Waals surface area contributed by atoms with Crippen LogP contribution >= 0.6 is 0 Å². The molecule has 3 aromatic heterocycles. The van der Waals surface area contributed by atoms with E-state index in [9.17, 15) is 5.11 Å². The van der Waals surface area contributed by atoms with Crippen LogP contribution in [0.15, 0.2) is 36.7 Å². The molecule has 1 aliphatic carbocycles. The molecule has 4 aromatic rings. The zero-order valence-electron chi connectivity index (χ0n) is 19.8. The van der Waals surface area contributed by atoms with Crippen molar-refractivity contribution in [3.8, 4) is 17.3 Å². The zero-order chi connectivity index (χ0) is 24.3. The third-order valence-electron chi connectivity index (χ3n) is 6.94. The number of anilines is 2. The highest BCUT2D eigenvalue weighted by atomic mass is 16.5. The van der Waals surface area contributed by atoms with Gasteiger partial charge in [0.15, 0.2) is 0 Å². The Hall–Kier alpha value is -3.70. The number of ether oxygens (including phenoxy) is 2. The number of hydrogen-bond donors (Lipinski definition) is 3. The maximum Gasteiger partial charge on any atom is 0.227 e. The molecule has 0 unspecified atom stereocenters. The molecule has 1 saturated heterocycles. The lowest BCUT2D eigenvalue weighted by Gasteiger charge is -2.27. The van der Waals surface area contributed by atoms with Gasteiger partial charge in [-0.15, -0.1) is 10.2 Å². The molecular weight excluding hydrogens is 460 g/mol. The van der Waals surface area contributed by atoms with Crippen molar-refractivity contribution in [3.05, 3.63) is 42.2 Å². The largest absolute Gasteiger partial charge is 0.474 e. The second-order valence-corrected chi connectivity index (χ2v) is 9.35. The van der Waals surface area contributed by atoms with E-state index in [0.717, 1.165) is 66.2 Å². The fourth-order valence-corrected chi connectivity index (χ4v) is 4.92. The molecule has 0 radical (unpaired) electrons. The van der Waals surface area contributed by atoms with Gasteiger partial charge in [-0.2, -0.15) is 5.21 Å². The van der Waals surface area contributed by atoms with E-state index in [0.29, 0.717) is 30.9 Å². The minimum Gasteiger partial charge on any atom is -0.474 e. The molecule has 1 aliphatic heterocycles. The third-order valence-corrected chi connectivity index (χ3v) is 6.94. The topological polar surface area (TPSA) is 144 Å². The summed E-state index contributed by atoms with van der Waals surface area (Å²) in [6, 6.07) is 7.68. The van der Waals surface area contributed by atoms with Crippen LogP contribution in [-0.2, 0) is 4.74 Å². The molecule has 3 N–H and O–H groups in total. The van der Waals surface area contributed by atoms with Crippen molar-refractivity contribution in [1.29, 1.82) is 0 Å². The quantitative estimate of drug-likeness (QED) is 0.369. The van der Waals surface area contributed by atoms with E-state index in [1.54, 1.807) is 6.20 Å². The Labute approximate surface area is 207 Å². The number of nitrogens with zero attached hydrogens (tertiary/aromatic N) is 6. The average Bonchev–Trinajstić information content (AvgIpc) is 3.46. The molecule has 2 fully saturated rings. The van der Waals surface area contributed by atoms with Crippen molar-refractivity contribution in [1.82, 2.24) is 35.6 Å². The van der Waals surface area contributed by atoms with Crippen LogP contribution in [0.4, 0.5) is 11.6 Å². The molecule has 36 heavy (non-hydrogen) atoms. The first-order valence-corrected chi connectivity index (χ1v) is 12.4. The SMILES string of the molecule is OC1CCC(c2cnc(OC3CCOCC3)c3cnc(Nc4ccc(-c5nn[nH]n5)cc4)nc23)CC1. The van der Waals surface area contributed by atoms with E-state index in [1.165, 1.54) is 0 Å². The van der Waals surface area contributed by atoms with Crippen molar-refractivity contribution in [2.24, 2.45) is 0 Å². The van der Waals surface area contributed by atoms with Crippen molar-refractivity contribution in [2.45, 2.75) is 56.7 Å². The van der Waals surface area contributed by atoms with Gasteiger partial charge in [-0.1, -0.05) is 0 Å².